The smallest absolute Gasteiger partial charge is 0.326 e. The molecular weight excluding hydrogens is 238 g/mol. The number of carboxylic acid groups (broad SMARTS) is 1. The minimum absolute atomic E-state index is 0.123. The van der Waals surface area contributed by atoms with Gasteiger partial charge in [-0.3, -0.25) is 4.79 Å². The molecule has 6 nitrogen and oxygen atoms in total. The first-order valence-electron chi connectivity index (χ1n) is 6.31. The van der Waals surface area contributed by atoms with E-state index in [1.165, 1.54) is 0 Å². The van der Waals surface area contributed by atoms with Crippen molar-refractivity contribution >= 4 is 11.9 Å². The number of aliphatic carboxylic acids is 1. The maximum atomic E-state index is 11.5. The fraction of sp³-hybridized carbons (Fsp3) is 0.833. The predicted molar refractivity (Wildman–Crippen MR) is 64.2 cm³/mol. The zero-order chi connectivity index (χ0) is 13.4. The fourth-order valence-electron chi connectivity index (χ4n) is 1.57. The third kappa shape index (κ3) is 6.56. The van der Waals surface area contributed by atoms with Crippen molar-refractivity contribution in [3.63, 3.8) is 0 Å². The Kier molecular flexibility index (Phi) is 6.67. The summed E-state index contributed by atoms with van der Waals surface area (Å²) in [7, 11) is 0. The van der Waals surface area contributed by atoms with Gasteiger partial charge in [0.25, 0.3) is 0 Å². The number of nitrogens with one attached hydrogen (secondary N) is 1. The number of carbonyl (C=O) groups is 2. The lowest BCUT2D eigenvalue weighted by atomic mass is 10.1. The Bertz CT molecular complexity index is 278. The van der Waals surface area contributed by atoms with Gasteiger partial charge in [0.1, 0.15) is 12.6 Å². The average Bonchev–Trinajstić information content (AvgIpc) is 3.11. The number of amides is 1. The summed E-state index contributed by atoms with van der Waals surface area (Å²) >= 11 is 0. The molecule has 0 aliphatic heterocycles. The standard InChI is InChI=1S/C12H21NO5/c1-2-17-5-6-18-8-11(14)13-10(12(15)16)7-9-3-4-9/h9-10H,2-8H2,1H3,(H,13,14)(H,15,16). The van der Waals surface area contributed by atoms with Crippen LogP contribution < -0.4 is 5.32 Å². The van der Waals surface area contributed by atoms with Gasteiger partial charge in [0.05, 0.1) is 13.2 Å². The molecule has 0 radical (unpaired) electrons. The molecule has 0 aromatic carbocycles. The van der Waals surface area contributed by atoms with E-state index < -0.39 is 12.0 Å². The third-order valence-corrected chi connectivity index (χ3v) is 2.71. The second-order valence-corrected chi connectivity index (χ2v) is 4.39. The summed E-state index contributed by atoms with van der Waals surface area (Å²) in [6, 6.07) is -0.791. The molecule has 1 aliphatic rings. The Balaban J connectivity index is 2.13. The van der Waals surface area contributed by atoms with Gasteiger partial charge in [-0.15, -0.1) is 0 Å². The molecule has 1 rings (SSSR count). The molecule has 104 valence electrons. The van der Waals surface area contributed by atoms with Crippen LogP contribution in [0.2, 0.25) is 0 Å². The largest absolute Gasteiger partial charge is 0.480 e. The van der Waals surface area contributed by atoms with E-state index in [0.29, 0.717) is 32.2 Å². The second kappa shape index (κ2) is 8.05. The highest BCUT2D eigenvalue weighted by Crippen LogP contribution is 2.33. The van der Waals surface area contributed by atoms with Crippen molar-refractivity contribution in [3.05, 3.63) is 0 Å². The normalized spacial score (nSPS) is 16.3. The first-order valence-corrected chi connectivity index (χ1v) is 6.31. The molecule has 0 bridgehead atoms. The third-order valence-electron chi connectivity index (χ3n) is 2.71. The van der Waals surface area contributed by atoms with Crippen molar-refractivity contribution in [2.45, 2.75) is 32.2 Å². The van der Waals surface area contributed by atoms with E-state index in [1.54, 1.807) is 0 Å². The Hall–Kier alpha value is -1.14. The van der Waals surface area contributed by atoms with Gasteiger partial charge >= 0.3 is 5.97 Å². The van der Waals surface area contributed by atoms with Gasteiger partial charge in [0.15, 0.2) is 0 Å². The highest BCUT2D eigenvalue weighted by Gasteiger charge is 2.30. The minimum Gasteiger partial charge on any atom is -0.480 e. The maximum Gasteiger partial charge on any atom is 0.326 e. The lowest BCUT2D eigenvalue weighted by Gasteiger charge is -2.14. The van der Waals surface area contributed by atoms with Crippen LogP contribution in [0.1, 0.15) is 26.2 Å². The van der Waals surface area contributed by atoms with Gasteiger partial charge < -0.3 is 19.9 Å². The van der Waals surface area contributed by atoms with Gasteiger partial charge in [0, 0.05) is 6.61 Å². The van der Waals surface area contributed by atoms with Crippen LogP contribution in [0.3, 0.4) is 0 Å². The summed E-state index contributed by atoms with van der Waals surface area (Å²) < 4.78 is 10.1. The highest BCUT2D eigenvalue weighted by atomic mass is 16.5. The van der Waals surface area contributed by atoms with Gasteiger partial charge in [-0.2, -0.15) is 0 Å². The predicted octanol–water partition coefficient (Wildman–Crippen LogP) is 0.409. The Morgan fingerprint density at radius 2 is 2.00 bits per heavy atom. The van der Waals surface area contributed by atoms with Crippen molar-refractivity contribution in [2.24, 2.45) is 5.92 Å². The summed E-state index contributed by atoms with van der Waals surface area (Å²) in [5, 5.41) is 11.4. The van der Waals surface area contributed by atoms with Gasteiger partial charge in [-0.1, -0.05) is 12.8 Å². The molecule has 1 atom stereocenters. The zero-order valence-electron chi connectivity index (χ0n) is 10.7. The van der Waals surface area contributed by atoms with E-state index in [-0.39, 0.29) is 12.5 Å². The molecule has 1 amide bonds. The number of carbonyl (C=O) groups excluding carboxylic acids is 1. The summed E-state index contributed by atoms with van der Waals surface area (Å²) in [5.41, 5.74) is 0. The molecule has 1 unspecified atom stereocenters. The van der Waals surface area contributed by atoms with Gasteiger partial charge in [0.2, 0.25) is 5.91 Å². The number of hydrogen-bond acceptors (Lipinski definition) is 4. The monoisotopic (exact) mass is 259 g/mol. The Labute approximate surface area is 107 Å². The minimum atomic E-state index is -0.982. The lowest BCUT2D eigenvalue weighted by molar-refractivity contribution is -0.143. The summed E-state index contributed by atoms with van der Waals surface area (Å²) in [6.45, 7) is 3.14. The molecule has 18 heavy (non-hydrogen) atoms. The molecule has 1 fully saturated rings. The van der Waals surface area contributed by atoms with E-state index in [4.69, 9.17) is 14.6 Å². The molecule has 0 saturated heterocycles. The van der Waals surface area contributed by atoms with E-state index >= 15 is 0 Å². The van der Waals surface area contributed by atoms with Crippen LogP contribution in [0.25, 0.3) is 0 Å². The molecule has 0 aromatic rings. The quantitative estimate of drug-likeness (QED) is 0.555. The first-order chi connectivity index (χ1) is 8.63. The van der Waals surface area contributed by atoms with E-state index in [1.807, 2.05) is 6.92 Å². The SMILES string of the molecule is CCOCCOCC(=O)NC(CC1CC1)C(=O)O. The zero-order valence-corrected chi connectivity index (χ0v) is 10.7. The van der Waals surface area contributed by atoms with Crippen LogP contribution in [-0.2, 0) is 19.1 Å². The number of ether oxygens (including phenoxy) is 2. The molecule has 2 N–H and O–H groups in total. The van der Waals surface area contributed by atoms with E-state index in [0.717, 1.165) is 12.8 Å². The van der Waals surface area contributed by atoms with Crippen LogP contribution in [-0.4, -0.2) is 49.5 Å². The molecule has 0 spiro atoms. The van der Waals surface area contributed by atoms with Crippen molar-refractivity contribution in [2.75, 3.05) is 26.4 Å². The van der Waals surface area contributed by atoms with Gasteiger partial charge in [-0.05, 0) is 19.3 Å². The molecule has 1 aliphatic carbocycles. The molecule has 1 saturated carbocycles. The second-order valence-electron chi connectivity index (χ2n) is 4.39. The molecule has 0 aromatic heterocycles. The van der Waals surface area contributed by atoms with Crippen LogP contribution in [0.5, 0.6) is 0 Å². The maximum absolute atomic E-state index is 11.5. The van der Waals surface area contributed by atoms with Crippen LogP contribution in [0.15, 0.2) is 0 Å². The summed E-state index contributed by atoms with van der Waals surface area (Å²) in [6.07, 6.45) is 2.63. The number of carboxylic acids is 1. The Morgan fingerprint density at radius 1 is 1.33 bits per heavy atom. The number of rotatable bonds is 10. The van der Waals surface area contributed by atoms with Gasteiger partial charge in [-0.25, -0.2) is 4.79 Å². The molecule has 0 heterocycles. The van der Waals surface area contributed by atoms with Crippen LogP contribution >= 0.6 is 0 Å². The lowest BCUT2D eigenvalue weighted by Crippen LogP contribution is -2.42. The van der Waals surface area contributed by atoms with E-state index in [9.17, 15) is 9.59 Å². The van der Waals surface area contributed by atoms with Crippen LogP contribution in [0.4, 0.5) is 0 Å². The Morgan fingerprint density at radius 3 is 2.56 bits per heavy atom. The van der Waals surface area contributed by atoms with Crippen molar-refractivity contribution in [1.29, 1.82) is 0 Å². The topological polar surface area (TPSA) is 84.9 Å². The average molecular weight is 259 g/mol. The molecule has 6 heteroatoms. The highest BCUT2D eigenvalue weighted by molar-refractivity contribution is 5.84. The van der Waals surface area contributed by atoms with Crippen LogP contribution in [0, 0.1) is 5.92 Å². The fourth-order valence-corrected chi connectivity index (χ4v) is 1.57. The summed E-state index contributed by atoms with van der Waals surface area (Å²) in [4.78, 5) is 22.4. The molecular formula is C12H21NO5. The van der Waals surface area contributed by atoms with E-state index in [2.05, 4.69) is 5.32 Å². The first kappa shape index (κ1) is 14.9. The summed E-state index contributed by atoms with van der Waals surface area (Å²) in [5.74, 6) is -0.922. The van der Waals surface area contributed by atoms with Crippen molar-refractivity contribution in [1.82, 2.24) is 5.32 Å². The van der Waals surface area contributed by atoms with Crippen molar-refractivity contribution < 1.29 is 24.2 Å². The van der Waals surface area contributed by atoms with Crippen molar-refractivity contribution in [3.8, 4) is 0 Å². The number of hydrogen-bond donors (Lipinski definition) is 2.